The van der Waals surface area contributed by atoms with Crippen LogP contribution >= 0.6 is 0 Å². The van der Waals surface area contributed by atoms with Gasteiger partial charge in [0.1, 0.15) is 5.82 Å². The molecule has 110 valence electrons. The standard InChI is InChI=1S/C17H27N3/c1-2-15-8-9-17(18-14-15)20-11-5-10-19(12-13-20)16-6-3-4-7-16/h8-9,14,16H,2-7,10-13H2,1H3. The van der Waals surface area contributed by atoms with Gasteiger partial charge in [0.05, 0.1) is 0 Å². The molecule has 3 heteroatoms. The highest BCUT2D eigenvalue weighted by Crippen LogP contribution is 2.25. The molecule has 0 spiro atoms. The van der Waals surface area contributed by atoms with Crippen molar-refractivity contribution in [2.75, 3.05) is 31.1 Å². The average molecular weight is 273 g/mol. The molecule has 2 aliphatic rings. The van der Waals surface area contributed by atoms with Crippen molar-refractivity contribution in [2.24, 2.45) is 0 Å². The summed E-state index contributed by atoms with van der Waals surface area (Å²) < 4.78 is 0. The van der Waals surface area contributed by atoms with E-state index in [1.165, 1.54) is 50.8 Å². The van der Waals surface area contributed by atoms with E-state index in [0.29, 0.717) is 0 Å². The van der Waals surface area contributed by atoms with Crippen molar-refractivity contribution in [3.8, 4) is 0 Å². The zero-order valence-electron chi connectivity index (χ0n) is 12.7. The molecule has 0 radical (unpaired) electrons. The summed E-state index contributed by atoms with van der Waals surface area (Å²) in [6.45, 7) is 6.95. The molecule has 0 N–H and O–H groups in total. The van der Waals surface area contributed by atoms with Gasteiger partial charge in [-0.25, -0.2) is 4.98 Å². The second kappa shape index (κ2) is 6.57. The molecule has 2 fully saturated rings. The lowest BCUT2D eigenvalue weighted by atomic mass is 10.2. The Morgan fingerprint density at radius 3 is 2.60 bits per heavy atom. The molecule has 0 bridgehead atoms. The Morgan fingerprint density at radius 1 is 1.05 bits per heavy atom. The van der Waals surface area contributed by atoms with E-state index < -0.39 is 0 Å². The first kappa shape index (κ1) is 13.9. The number of hydrogen-bond acceptors (Lipinski definition) is 3. The van der Waals surface area contributed by atoms with E-state index in [1.807, 2.05) is 6.20 Å². The molecule has 1 saturated heterocycles. The first-order valence-corrected chi connectivity index (χ1v) is 8.31. The maximum Gasteiger partial charge on any atom is 0.128 e. The highest BCUT2D eigenvalue weighted by atomic mass is 15.3. The topological polar surface area (TPSA) is 19.4 Å². The maximum atomic E-state index is 4.64. The average Bonchev–Trinajstić information content (AvgIpc) is 2.92. The highest BCUT2D eigenvalue weighted by molar-refractivity contribution is 5.39. The number of rotatable bonds is 3. The summed E-state index contributed by atoms with van der Waals surface area (Å²) in [5, 5.41) is 0. The summed E-state index contributed by atoms with van der Waals surface area (Å²) in [6, 6.07) is 5.29. The first-order valence-electron chi connectivity index (χ1n) is 8.31. The minimum absolute atomic E-state index is 0.866. The molecular weight excluding hydrogens is 246 g/mol. The van der Waals surface area contributed by atoms with Crippen LogP contribution in [-0.4, -0.2) is 42.1 Å². The fourth-order valence-electron chi connectivity index (χ4n) is 3.61. The Hall–Kier alpha value is -1.09. The van der Waals surface area contributed by atoms with E-state index in [0.717, 1.165) is 31.4 Å². The first-order chi connectivity index (χ1) is 9.86. The van der Waals surface area contributed by atoms with Gasteiger partial charge < -0.3 is 4.90 Å². The predicted octanol–water partition coefficient (Wildman–Crippen LogP) is 3.10. The van der Waals surface area contributed by atoms with Crippen LogP contribution in [0.2, 0.25) is 0 Å². The number of anilines is 1. The Labute approximate surface area is 123 Å². The SMILES string of the molecule is CCc1ccc(N2CCCN(C3CCCC3)CC2)nc1. The normalized spacial score (nSPS) is 22.1. The van der Waals surface area contributed by atoms with Crippen LogP contribution in [0.25, 0.3) is 0 Å². The molecule has 1 aromatic rings. The number of hydrogen-bond donors (Lipinski definition) is 0. The lowest BCUT2D eigenvalue weighted by molar-refractivity contribution is 0.213. The lowest BCUT2D eigenvalue weighted by Gasteiger charge is -2.27. The monoisotopic (exact) mass is 273 g/mol. The van der Waals surface area contributed by atoms with E-state index in [1.54, 1.807) is 0 Å². The molecule has 1 aromatic heterocycles. The number of nitrogens with zero attached hydrogens (tertiary/aromatic N) is 3. The fourth-order valence-corrected chi connectivity index (χ4v) is 3.61. The van der Waals surface area contributed by atoms with Gasteiger partial charge in [0.25, 0.3) is 0 Å². The molecule has 2 heterocycles. The van der Waals surface area contributed by atoms with Crippen molar-refractivity contribution in [3.63, 3.8) is 0 Å². The largest absolute Gasteiger partial charge is 0.355 e. The molecule has 3 nitrogen and oxygen atoms in total. The van der Waals surface area contributed by atoms with Crippen molar-refractivity contribution in [2.45, 2.75) is 51.5 Å². The van der Waals surface area contributed by atoms with Crippen LogP contribution in [0.4, 0.5) is 5.82 Å². The van der Waals surface area contributed by atoms with Gasteiger partial charge in [-0.3, -0.25) is 4.90 Å². The molecule has 3 rings (SSSR count). The van der Waals surface area contributed by atoms with E-state index in [9.17, 15) is 0 Å². The van der Waals surface area contributed by atoms with Crippen LogP contribution in [0.1, 0.15) is 44.6 Å². The van der Waals surface area contributed by atoms with Crippen molar-refractivity contribution >= 4 is 5.82 Å². The van der Waals surface area contributed by atoms with Crippen LogP contribution in [-0.2, 0) is 6.42 Å². The third-order valence-electron chi connectivity index (χ3n) is 4.91. The van der Waals surface area contributed by atoms with Crippen LogP contribution in [0.15, 0.2) is 18.3 Å². The summed E-state index contributed by atoms with van der Waals surface area (Å²) in [5.41, 5.74) is 1.33. The van der Waals surface area contributed by atoms with Crippen LogP contribution in [0, 0.1) is 0 Å². The van der Waals surface area contributed by atoms with Crippen molar-refractivity contribution in [1.82, 2.24) is 9.88 Å². The molecule has 1 saturated carbocycles. The van der Waals surface area contributed by atoms with E-state index in [-0.39, 0.29) is 0 Å². The van der Waals surface area contributed by atoms with E-state index in [4.69, 9.17) is 0 Å². The molecule has 20 heavy (non-hydrogen) atoms. The summed E-state index contributed by atoms with van der Waals surface area (Å²) in [6.07, 6.45) is 10.1. The summed E-state index contributed by atoms with van der Waals surface area (Å²) in [7, 11) is 0. The van der Waals surface area contributed by atoms with Gasteiger partial charge in [-0.05, 0) is 37.3 Å². The molecule has 0 unspecified atom stereocenters. The van der Waals surface area contributed by atoms with E-state index in [2.05, 4.69) is 33.8 Å². The summed E-state index contributed by atoms with van der Waals surface area (Å²) >= 11 is 0. The molecule has 1 aliphatic heterocycles. The van der Waals surface area contributed by atoms with Gasteiger partial charge in [-0.1, -0.05) is 25.8 Å². The van der Waals surface area contributed by atoms with Crippen LogP contribution < -0.4 is 4.90 Å². The second-order valence-corrected chi connectivity index (χ2v) is 6.19. The minimum Gasteiger partial charge on any atom is -0.355 e. The van der Waals surface area contributed by atoms with Crippen LogP contribution in [0.3, 0.4) is 0 Å². The number of aryl methyl sites for hydroxylation is 1. The fraction of sp³-hybridized carbons (Fsp3) is 0.706. The van der Waals surface area contributed by atoms with Gasteiger partial charge in [-0.2, -0.15) is 0 Å². The number of aromatic nitrogens is 1. The third-order valence-corrected chi connectivity index (χ3v) is 4.91. The molecule has 0 atom stereocenters. The minimum atomic E-state index is 0.866. The predicted molar refractivity (Wildman–Crippen MR) is 84.3 cm³/mol. The Kier molecular flexibility index (Phi) is 4.56. The zero-order valence-corrected chi connectivity index (χ0v) is 12.7. The molecule has 1 aliphatic carbocycles. The smallest absolute Gasteiger partial charge is 0.128 e. The van der Waals surface area contributed by atoms with Gasteiger partial charge >= 0.3 is 0 Å². The lowest BCUT2D eigenvalue weighted by Crippen LogP contribution is -2.37. The Bertz CT molecular complexity index is 409. The summed E-state index contributed by atoms with van der Waals surface area (Å²) in [5.74, 6) is 1.16. The van der Waals surface area contributed by atoms with E-state index >= 15 is 0 Å². The van der Waals surface area contributed by atoms with Gasteiger partial charge in [-0.15, -0.1) is 0 Å². The van der Waals surface area contributed by atoms with Crippen molar-refractivity contribution in [3.05, 3.63) is 23.9 Å². The van der Waals surface area contributed by atoms with Gasteiger partial charge in [0, 0.05) is 38.4 Å². The Morgan fingerprint density at radius 2 is 1.90 bits per heavy atom. The zero-order chi connectivity index (χ0) is 13.8. The quantitative estimate of drug-likeness (QED) is 0.843. The van der Waals surface area contributed by atoms with Crippen molar-refractivity contribution < 1.29 is 0 Å². The van der Waals surface area contributed by atoms with Crippen molar-refractivity contribution in [1.29, 1.82) is 0 Å². The van der Waals surface area contributed by atoms with Gasteiger partial charge in [0.15, 0.2) is 0 Å². The molecule has 0 amide bonds. The maximum absolute atomic E-state index is 4.64. The third kappa shape index (κ3) is 3.14. The Balaban J connectivity index is 1.61. The molecule has 0 aromatic carbocycles. The number of pyridine rings is 1. The second-order valence-electron chi connectivity index (χ2n) is 6.19. The molecular formula is C17H27N3. The van der Waals surface area contributed by atoms with Crippen LogP contribution in [0.5, 0.6) is 0 Å². The summed E-state index contributed by atoms with van der Waals surface area (Å²) in [4.78, 5) is 9.84. The highest BCUT2D eigenvalue weighted by Gasteiger charge is 2.24. The van der Waals surface area contributed by atoms with Gasteiger partial charge in [0.2, 0.25) is 0 Å².